The van der Waals surface area contributed by atoms with E-state index in [0.717, 1.165) is 17.4 Å². The molecule has 1 aliphatic rings. The second-order valence-electron chi connectivity index (χ2n) is 5.84. The first kappa shape index (κ1) is 13.9. The van der Waals surface area contributed by atoms with Gasteiger partial charge in [-0.2, -0.15) is 0 Å². The van der Waals surface area contributed by atoms with Crippen LogP contribution in [-0.2, 0) is 6.42 Å². The standard InChI is InChI=1S/C16H24ClN/c1-12(9-14-5-3-6-14)18-13(2)10-15-7-4-8-16(17)11-15/h4,7-8,11-14,18H,3,5-6,9-10H2,1-2H3. The smallest absolute Gasteiger partial charge is 0.0408 e. The minimum Gasteiger partial charge on any atom is -0.311 e. The molecule has 2 atom stereocenters. The summed E-state index contributed by atoms with van der Waals surface area (Å²) in [5.41, 5.74) is 1.32. The molecule has 0 aliphatic heterocycles. The van der Waals surface area contributed by atoms with Gasteiger partial charge < -0.3 is 5.32 Å². The fourth-order valence-corrected chi connectivity index (χ4v) is 3.07. The largest absolute Gasteiger partial charge is 0.311 e. The van der Waals surface area contributed by atoms with E-state index in [-0.39, 0.29) is 0 Å². The van der Waals surface area contributed by atoms with Gasteiger partial charge in [-0.15, -0.1) is 0 Å². The van der Waals surface area contributed by atoms with Crippen molar-refractivity contribution >= 4 is 11.6 Å². The predicted molar refractivity (Wildman–Crippen MR) is 79.2 cm³/mol. The Hall–Kier alpha value is -0.530. The Labute approximate surface area is 116 Å². The van der Waals surface area contributed by atoms with E-state index in [1.54, 1.807) is 0 Å². The summed E-state index contributed by atoms with van der Waals surface area (Å²) >= 11 is 6.01. The summed E-state index contributed by atoms with van der Waals surface area (Å²) < 4.78 is 0. The van der Waals surface area contributed by atoms with Crippen LogP contribution in [0, 0.1) is 5.92 Å². The third kappa shape index (κ3) is 4.29. The third-order valence-corrected chi connectivity index (χ3v) is 4.15. The Morgan fingerprint density at radius 3 is 2.67 bits per heavy atom. The minimum absolute atomic E-state index is 0.513. The number of rotatable bonds is 6. The van der Waals surface area contributed by atoms with Gasteiger partial charge in [-0.3, -0.25) is 0 Å². The fraction of sp³-hybridized carbons (Fsp3) is 0.625. The van der Waals surface area contributed by atoms with E-state index in [1.165, 1.54) is 31.2 Å². The van der Waals surface area contributed by atoms with E-state index >= 15 is 0 Å². The Morgan fingerprint density at radius 1 is 1.28 bits per heavy atom. The minimum atomic E-state index is 0.513. The van der Waals surface area contributed by atoms with Crippen LogP contribution in [0.25, 0.3) is 0 Å². The molecular weight excluding hydrogens is 242 g/mol. The van der Waals surface area contributed by atoms with Gasteiger partial charge in [0.2, 0.25) is 0 Å². The lowest BCUT2D eigenvalue weighted by Gasteiger charge is -2.30. The molecule has 0 heterocycles. The van der Waals surface area contributed by atoms with Gasteiger partial charge in [-0.1, -0.05) is 43.0 Å². The van der Waals surface area contributed by atoms with Crippen molar-refractivity contribution in [3.05, 3.63) is 34.9 Å². The molecule has 0 spiro atoms. The zero-order valence-electron chi connectivity index (χ0n) is 11.5. The van der Waals surface area contributed by atoms with E-state index < -0.39 is 0 Å². The van der Waals surface area contributed by atoms with Crippen LogP contribution in [0.3, 0.4) is 0 Å². The van der Waals surface area contributed by atoms with Crippen LogP contribution in [0.15, 0.2) is 24.3 Å². The molecule has 0 saturated heterocycles. The molecule has 0 aromatic heterocycles. The van der Waals surface area contributed by atoms with Crippen molar-refractivity contribution in [2.24, 2.45) is 5.92 Å². The summed E-state index contributed by atoms with van der Waals surface area (Å²) in [5, 5.41) is 4.54. The molecule has 0 amide bonds. The third-order valence-electron chi connectivity index (χ3n) is 3.91. The monoisotopic (exact) mass is 265 g/mol. The molecule has 2 heteroatoms. The molecule has 0 radical (unpaired) electrons. The summed E-state index contributed by atoms with van der Waals surface area (Å²) in [7, 11) is 0. The molecular formula is C16H24ClN. The van der Waals surface area contributed by atoms with Crippen molar-refractivity contribution in [1.29, 1.82) is 0 Å². The van der Waals surface area contributed by atoms with E-state index in [9.17, 15) is 0 Å². The molecule has 1 fully saturated rings. The van der Waals surface area contributed by atoms with Crippen LogP contribution >= 0.6 is 11.6 Å². The molecule has 1 aromatic carbocycles. The molecule has 18 heavy (non-hydrogen) atoms. The predicted octanol–water partition coefficient (Wildman–Crippen LogP) is 4.44. The van der Waals surface area contributed by atoms with Crippen LogP contribution < -0.4 is 5.32 Å². The molecule has 1 aliphatic carbocycles. The average Bonchev–Trinajstić information content (AvgIpc) is 2.23. The van der Waals surface area contributed by atoms with E-state index in [0.29, 0.717) is 12.1 Å². The van der Waals surface area contributed by atoms with Crippen molar-refractivity contribution in [3.63, 3.8) is 0 Å². The second kappa shape index (κ2) is 6.58. The number of hydrogen-bond donors (Lipinski definition) is 1. The summed E-state index contributed by atoms with van der Waals surface area (Å²) in [4.78, 5) is 0. The van der Waals surface area contributed by atoms with Crippen LogP contribution in [0.2, 0.25) is 5.02 Å². The molecule has 2 rings (SSSR count). The number of benzene rings is 1. The Kier molecular flexibility index (Phi) is 5.08. The molecule has 1 aromatic rings. The Bertz CT molecular complexity index is 373. The normalized spacial score (nSPS) is 19.3. The van der Waals surface area contributed by atoms with E-state index in [1.807, 2.05) is 12.1 Å². The quantitative estimate of drug-likeness (QED) is 0.802. The second-order valence-corrected chi connectivity index (χ2v) is 6.27. The van der Waals surface area contributed by atoms with Crippen molar-refractivity contribution in [2.45, 2.75) is 58.0 Å². The first-order valence-electron chi connectivity index (χ1n) is 7.14. The molecule has 100 valence electrons. The molecule has 1 saturated carbocycles. The summed E-state index contributed by atoms with van der Waals surface area (Å²) in [5.74, 6) is 0.978. The molecule has 0 bridgehead atoms. The highest BCUT2D eigenvalue weighted by atomic mass is 35.5. The zero-order valence-corrected chi connectivity index (χ0v) is 12.2. The molecule has 1 N–H and O–H groups in total. The highest BCUT2D eigenvalue weighted by Gasteiger charge is 2.20. The highest BCUT2D eigenvalue weighted by molar-refractivity contribution is 6.30. The van der Waals surface area contributed by atoms with E-state index in [4.69, 9.17) is 11.6 Å². The number of halogens is 1. The van der Waals surface area contributed by atoms with Gasteiger partial charge in [0.05, 0.1) is 0 Å². The zero-order chi connectivity index (χ0) is 13.0. The van der Waals surface area contributed by atoms with Crippen LogP contribution in [0.5, 0.6) is 0 Å². The first-order chi connectivity index (χ1) is 8.63. The lowest BCUT2D eigenvalue weighted by atomic mass is 9.81. The Balaban J connectivity index is 1.75. The van der Waals surface area contributed by atoms with Gasteiger partial charge in [0.1, 0.15) is 0 Å². The van der Waals surface area contributed by atoms with Gasteiger partial charge >= 0.3 is 0 Å². The maximum absolute atomic E-state index is 6.01. The van der Waals surface area contributed by atoms with Gasteiger partial charge in [-0.25, -0.2) is 0 Å². The lowest BCUT2D eigenvalue weighted by Crippen LogP contribution is -2.37. The van der Waals surface area contributed by atoms with E-state index in [2.05, 4.69) is 31.3 Å². The highest BCUT2D eigenvalue weighted by Crippen LogP contribution is 2.30. The van der Waals surface area contributed by atoms with Crippen LogP contribution in [0.4, 0.5) is 0 Å². The van der Waals surface area contributed by atoms with Crippen molar-refractivity contribution in [3.8, 4) is 0 Å². The summed E-state index contributed by atoms with van der Waals surface area (Å²) in [6.07, 6.45) is 6.70. The topological polar surface area (TPSA) is 12.0 Å². The van der Waals surface area contributed by atoms with Gasteiger partial charge in [-0.05, 0) is 50.3 Å². The van der Waals surface area contributed by atoms with Crippen LogP contribution in [-0.4, -0.2) is 12.1 Å². The van der Waals surface area contributed by atoms with Crippen molar-refractivity contribution in [2.75, 3.05) is 0 Å². The molecule has 1 nitrogen and oxygen atoms in total. The number of hydrogen-bond acceptors (Lipinski definition) is 1. The molecule has 2 unspecified atom stereocenters. The summed E-state index contributed by atoms with van der Waals surface area (Å²) in [6, 6.07) is 9.32. The van der Waals surface area contributed by atoms with Crippen molar-refractivity contribution < 1.29 is 0 Å². The maximum atomic E-state index is 6.01. The SMILES string of the molecule is CC(Cc1cccc(Cl)c1)NC(C)CC1CCC1. The first-order valence-corrected chi connectivity index (χ1v) is 7.52. The summed E-state index contributed by atoms with van der Waals surface area (Å²) in [6.45, 7) is 4.57. The van der Waals surface area contributed by atoms with Crippen LogP contribution in [0.1, 0.15) is 45.1 Å². The Morgan fingerprint density at radius 2 is 2.06 bits per heavy atom. The van der Waals surface area contributed by atoms with Crippen molar-refractivity contribution in [1.82, 2.24) is 5.32 Å². The van der Waals surface area contributed by atoms with Gasteiger partial charge in [0.15, 0.2) is 0 Å². The van der Waals surface area contributed by atoms with Gasteiger partial charge in [0, 0.05) is 17.1 Å². The fourth-order valence-electron chi connectivity index (χ4n) is 2.86. The average molecular weight is 266 g/mol. The number of nitrogens with one attached hydrogen (secondary N) is 1. The van der Waals surface area contributed by atoms with Gasteiger partial charge in [0.25, 0.3) is 0 Å². The maximum Gasteiger partial charge on any atom is 0.0408 e. The lowest BCUT2D eigenvalue weighted by molar-refractivity contribution is 0.259.